The molecule has 144 valence electrons. The summed E-state index contributed by atoms with van der Waals surface area (Å²) in [6.07, 6.45) is 7.16. The van der Waals surface area contributed by atoms with Gasteiger partial charge in [0.1, 0.15) is 0 Å². The molecule has 3 aromatic rings. The van der Waals surface area contributed by atoms with Crippen LogP contribution in [0.5, 0.6) is 0 Å². The van der Waals surface area contributed by atoms with Gasteiger partial charge in [-0.2, -0.15) is 5.10 Å². The predicted molar refractivity (Wildman–Crippen MR) is 109 cm³/mol. The standard InChI is InChI=1S/C23H26N4O/c1-2-5-18(6-3-1)12-27-16-22(23(25-27)19-7-4-9-24-11-19)15-26-13-21(14-26)20-8-10-28-17-20/h1-7,9,11,16,20-21H,8,10,12-15,17H2. The number of nitrogens with zero attached hydrogens (tertiary/aromatic N) is 4. The third-order valence-electron chi connectivity index (χ3n) is 5.97. The minimum Gasteiger partial charge on any atom is -0.381 e. The number of likely N-dealkylation sites (tertiary alicyclic amines) is 1. The van der Waals surface area contributed by atoms with Crippen molar-refractivity contribution in [1.29, 1.82) is 0 Å². The molecule has 0 amide bonds. The molecular weight excluding hydrogens is 348 g/mol. The van der Waals surface area contributed by atoms with Gasteiger partial charge in [-0.15, -0.1) is 0 Å². The zero-order chi connectivity index (χ0) is 18.8. The Hall–Kier alpha value is -2.50. The summed E-state index contributed by atoms with van der Waals surface area (Å²) in [5.41, 5.74) is 4.69. The second kappa shape index (κ2) is 7.86. The zero-order valence-corrected chi connectivity index (χ0v) is 16.1. The first kappa shape index (κ1) is 17.6. The molecule has 2 fully saturated rings. The number of ether oxygens (including phenoxy) is 1. The van der Waals surface area contributed by atoms with Crippen molar-refractivity contribution in [3.05, 3.63) is 72.2 Å². The van der Waals surface area contributed by atoms with Gasteiger partial charge in [0.2, 0.25) is 0 Å². The molecule has 0 spiro atoms. The Labute approximate surface area is 166 Å². The van der Waals surface area contributed by atoms with Gasteiger partial charge in [0.15, 0.2) is 0 Å². The lowest BCUT2D eigenvalue weighted by Crippen LogP contribution is -2.49. The molecule has 2 aliphatic rings. The van der Waals surface area contributed by atoms with Crippen LogP contribution in [0.1, 0.15) is 17.5 Å². The molecule has 0 aliphatic carbocycles. The number of hydrogen-bond acceptors (Lipinski definition) is 4. The van der Waals surface area contributed by atoms with E-state index in [0.717, 1.165) is 49.4 Å². The molecule has 0 bridgehead atoms. The van der Waals surface area contributed by atoms with Gasteiger partial charge < -0.3 is 4.74 Å². The van der Waals surface area contributed by atoms with E-state index in [0.29, 0.717) is 0 Å². The van der Waals surface area contributed by atoms with Crippen molar-refractivity contribution in [2.75, 3.05) is 26.3 Å². The first-order valence-electron chi connectivity index (χ1n) is 10.2. The summed E-state index contributed by atoms with van der Waals surface area (Å²) in [6, 6.07) is 14.6. The van der Waals surface area contributed by atoms with Crippen LogP contribution in [0.15, 0.2) is 61.1 Å². The lowest BCUT2D eigenvalue weighted by Gasteiger charge is -2.42. The molecule has 5 nitrogen and oxygen atoms in total. The Kier molecular flexibility index (Phi) is 4.93. The van der Waals surface area contributed by atoms with Crippen LogP contribution in [-0.4, -0.2) is 46.0 Å². The van der Waals surface area contributed by atoms with E-state index in [4.69, 9.17) is 9.84 Å². The second-order valence-corrected chi connectivity index (χ2v) is 8.01. The molecule has 5 rings (SSSR count). The number of pyridine rings is 1. The topological polar surface area (TPSA) is 43.2 Å². The summed E-state index contributed by atoms with van der Waals surface area (Å²) in [4.78, 5) is 6.83. The predicted octanol–water partition coefficient (Wildman–Crippen LogP) is 3.46. The van der Waals surface area contributed by atoms with Crippen LogP contribution in [0.25, 0.3) is 11.3 Å². The van der Waals surface area contributed by atoms with E-state index in [1.807, 2.05) is 18.5 Å². The third kappa shape index (κ3) is 3.73. The summed E-state index contributed by atoms with van der Waals surface area (Å²) >= 11 is 0. The van der Waals surface area contributed by atoms with Crippen molar-refractivity contribution in [3.63, 3.8) is 0 Å². The van der Waals surface area contributed by atoms with Crippen LogP contribution in [0.3, 0.4) is 0 Å². The van der Waals surface area contributed by atoms with Crippen molar-refractivity contribution in [2.45, 2.75) is 19.5 Å². The molecule has 0 saturated carbocycles. The van der Waals surface area contributed by atoms with Gasteiger partial charge in [-0.05, 0) is 36.0 Å². The highest BCUT2D eigenvalue weighted by Crippen LogP contribution is 2.32. The normalized spacial score (nSPS) is 20.4. The number of rotatable bonds is 6. The fraction of sp³-hybridized carbons (Fsp3) is 0.391. The van der Waals surface area contributed by atoms with E-state index in [2.05, 4.69) is 57.2 Å². The van der Waals surface area contributed by atoms with Crippen LogP contribution < -0.4 is 0 Å². The van der Waals surface area contributed by atoms with Crippen molar-refractivity contribution >= 4 is 0 Å². The monoisotopic (exact) mass is 374 g/mol. The van der Waals surface area contributed by atoms with Crippen molar-refractivity contribution in [3.8, 4) is 11.3 Å². The quantitative estimate of drug-likeness (QED) is 0.663. The van der Waals surface area contributed by atoms with Crippen LogP contribution >= 0.6 is 0 Å². The first-order valence-corrected chi connectivity index (χ1v) is 10.2. The lowest BCUT2D eigenvalue weighted by molar-refractivity contribution is 0.0445. The smallest absolute Gasteiger partial charge is 0.0983 e. The van der Waals surface area contributed by atoms with Crippen LogP contribution in [-0.2, 0) is 17.8 Å². The van der Waals surface area contributed by atoms with Gasteiger partial charge in [0, 0.05) is 62.6 Å². The highest BCUT2D eigenvalue weighted by Gasteiger charge is 2.35. The fourth-order valence-corrected chi connectivity index (χ4v) is 4.38. The van der Waals surface area contributed by atoms with Crippen LogP contribution in [0.2, 0.25) is 0 Å². The van der Waals surface area contributed by atoms with Gasteiger partial charge in [-0.1, -0.05) is 30.3 Å². The maximum Gasteiger partial charge on any atom is 0.0983 e. The average Bonchev–Trinajstić information content (AvgIpc) is 3.36. The maximum absolute atomic E-state index is 5.57. The molecule has 1 atom stereocenters. The van der Waals surface area contributed by atoms with Gasteiger partial charge >= 0.3 is 0 Å². The van der Waals surface area contributed by atoms with E-state index < -0.39 is 0 Å². The molecular formula is C23H26N4O. The Bertz CT molecular complexity index is 897. The molecule has 0 radical (unpaired) electrons. The minimum atomic E-state index is 0.759. The van der Waals surface area contributed by atoms with Gasteiger partial charge in [-0.25, -0.2) is 0 Å². The van der Waals surface area contributed by atoms with E-state index >= 15 is 0 Å². The third-order valence-corrected chi connectivity index (χ3v) is 5.97. The maximum atomic E-state index is 5.57. The van der Waals surface area contributed by atoms with Crippen LogP contribution in [0.4, 0.5) is 0 Å². The Balaban J connectivity index is 1.33. The van der Waals surface area contributed by atoms with Crippen molar-refractivity contribution in [2.24, 2.45) is 11.8 Å². The molecule has 28 heavy (non-hydrogen) atoms. The van der Waals surface area contributed by atoms with E-state index in [1.54, 1.807) is 0 Å². The first-order chi connectivity index (χ1) is 13.8. The fourth-order valence-electron chi connectivity index (χ4n) is 4.38. The number of hydrogen-bond donors (Lipinski definition) is 0. The van der Waals surface area contributed by atoms with Gasteiger partial charge in [0.25, 0.3) is 0 Å². The summed E-state index contributed by atoms with van der Waals surface area (Å²) in [5.74, 6) is 1.55. The SMILES string of the molecule is c1ccc(Cn2cc(CN3CC(C4CCOC4)C3)c(-c3cccnc3)n2)cc1. The van der Waals surface area contributed by atoms with Crippen molar-refractivity contribution < 1.29 is 4.74 Å². The molecule has 4 heterocycles. The summed E-state index contributed by atoms with van der Waals surface area (Å²) in [5, 5.41) is 4.91. The Morgan fingerprint density at radius 1 is 1.00 bits per heavy atom. The van der Waals surface area contributed by atoms with E-state index in [9.17, 15) is 0 Å². The molecule has 0 N–H and O–H groups in total. The Morgan fingerprint density at radius 2 is 1.89 bits per heavy atom. The highest BCUT2D eigenvalue weighted by atomic mass is 16.5. The molecule has 5 heteroatoms. The van der Waals surface area contributed by atoms with E-state index in [-0.39, 0.29) is 0 Å². The Morgan fingerprint density at radius 3 is 2.64 bits per heavy atom. The molecule has 2 aromatic heterocycles. The molecule has 2 aliphatic heterocycles. The largest absolute Gasteiger partial charge is 0.381 e. The highest BCUT2D eigenvalue weighted by molar-refractivity contribution is 5.61. The van der Waals surface area contributed by atoms with E-state index in [1.165, 1.54) is 30.6 Å². The zero-order valence-electron chi connectivity index (χ0n) is 16.1. The van der Waals surface area contributed by atoms with Crippen LogP contribution in [0, 0.1) is 11.8 Å². The number of aromatic nitrogens is 3. The van der Waals surface area contributed by atoms with Gasteiger partial charge in [-0.3, -0.25) is 14.6 Å². The molecule has 2 saturated heterocycles. The lowest BCUT2D eigenvalue weighted by atomic mass is 9.85. The summed E-state index contributed by atoms with van der Waals surface area (Å²) in [6.45, 7) is 5.97. The molecule has 1 aromatic carbocycles. The summed E-state index contributed by atoms with van der Waals surface area (Å²) in [7, 11) is 0. The molecule has 1 unspecified atom stereocenters. The van der Waals surface area contributed by atoms with Crippen molar-refractivity contribution in [1.82, 2.24) is 19.7 Å². The minimum absolute atomic E-state index is 0.759. The van der Waals surface area contributed by atoms with Gasteiger partial charge in [0.05, 0.1) is 12.2 Å². The average molecular weight is 374 g/mol. The summed E-state index contributed by atoms with van der Waals surface area (Å²) < 4.78 is 7.63. The second-order valence-electron chi connectivity index (χ2n) is 8.01. The number of benzene rings is 1.